The summed E-state index contributed by atoms with van der Waals surface area (Å²) in [5.74, 6) is -1.27. The number of aryl methyl sites for hydroxylation is 1. The van der Waals surface area contributed by atoms with Gasteiger partial charge in [-0.15, -0.1) is 0 Å². The van der Waals surface area contributed by atoms with Crippen LogP contribution in [0.4, 0.5) is 13.2 Å². The molecule has 10 heteroatoms. The van der Waals surface area contributed by atoms with Gasteiger partial charge < -0.3 is 9.84 Å². The largest absolute Gasteiger partial charge is 0.476 e. The second-order valence-corrected chi connectivity index (χ2v) is 7.49. The fourth-order valence-corrected chi connectivity index (χ4v) is 3.62. The molecule has 0 saturated heterocycles. The fourth-order valence-electron chi connectivity index (χ4n) is 3.62. The van der Waals surface area contributed by atoms with Gasteiger partial charge >= 0.3 is 12.1 Å². The number of hydrogen-bond acceptors (Lipinski definition) is 5. The Bertz CT molecular complexity index is 1320. The number of aromatic nitrogens is 4. The molecule has 0 aliphatic rings. The summed E-state index contributed by atoms with van der Waals surface area (Å²) >= 11 is 0. The third kappa shape index (κ3) is 4.50. The molecule has 0 amide bonds. The lowest BCUT2D eigenvalue weighted by atomic mass is 10.0. The number of carboxylic acid groups (broad SMARTS) is 1. The van der Waals surface area contributed by atoms with Crippen molar-refractivity contribution in [1.82, 2.24) is 19.7 Å². The molecule has 7 nitrogen and oxygen atoms in total. The molecule has 0 fully saturated rings. The number of rotatable bonds is 6. The molecule has 0 saturated carbocycles. The fraction of sp³-hybridized carbons (Fsp3) is 0.217. The normalized spacial score (nSPS) is 12.6. The van der Waals surface area contributed by atoms with Crippen LogP contribution in [0.5, 0.6) is 5.88 Å². The van der Waals surface area contributed by atoms with Gasteiger partial charge in [-0.05, 0) is 31.5 Å². The zero-order valence-corrected chi connectivity index (χ0v) is 17.7. The molecule has 1 aromatic carbocycles. The average Bonchev–Trinajstić information content (AvgIpc) is 3.17. The van der Waals surface area contributed by atoms with Gasteiger partial charge in [0.15, 0.2) is 12.3 Å². The maximum Gasteiger partial charge on any atom is 0.422 e. The second-order valence-electron chi connectivity index (χ2n) is 7.49. The van der Waals surface area contributed by atoms with Gasteiger partial charge in [-0.2, -0.15) is 18.3 Å². The van der Waals surface area contributed by atoms with E-state index in [1.54, 1.807) is 23.7 Å². The molecule has 33 heavy (non-hydrogen) atoms. The summed E-state index contributed by atoms with van der Waals surface area (Å²) in [4.78, 5) is 19.9. The summed E-state index contributed by atoms with van der Waals surface area (Å²) in [6.07, 6.45) is -1.64. The Morgan fingerprint density at radius 1 is 1.18 bits per heavy atom. The van der Waals surface area contributed by atoms with Crippen molar-refractivity contribution in [2.75, 3.05) is 6.61 Å². The van der Waals surface area contributed by atoms with E-state index in [2.05, 4.69) is 15.1 Å². The third-order valence-electron chi connectivity index (χ3n) is 5.13. The molecule has 3 aromatic heterocycles. The van der Waals surface area contributed by atoms with Crippen LogP contribution in [0.15, 0.2) is 54.9 Å². The number of benzene rings is 1. The molecule has 0 aliphatic heterocycles. The SMILES string of the molecule is Cc1cc(C(C)n2nc3ccnc(C(=O)O)c3c2-c2ccccc2)cnc1OCC(F)(F)F. The Kier molecular flexibility index (Phi) is 5.75. The monoisotopic (exact) mass is 456 g/mol. The van der Waals surface area contributed by atoms with Gasteiger partial charge in [-0.25, -0.2) is 14.8 Å². The maximum atomic E-state index is 12.5. The van der Waals surface area contributed by atoms with E-state index in [1.807, 2.05) is 37.3 Å². The number of nitrogens with zero attached hydrogens (tertiary/aromatic N) is 4. The summed E-state index contributed by atoms with van der Waals surface area (Å²) in [7, 11) is 0. The first-order valence-corrected chi connectivity index (χ1v) is 9.97. The van der Waals surface area contributed by atoms with Gasteiger partial charge in [0.2, 0.25) is 5.88 Å². The van der Waals surface area contributed by atoms with Gasteiger partial charge in [-0.3, -0.25) is 4.68 Å². The lowest BCUT2D eigenvalue weighted by Crippen LogP contribution is -2.20. The van der Waals surface area contributed by atoms with E-state index in [1.165, 1.54) is 12.4 Å². The van der Waals surface area contributed by atoms with E-state index in [0.29, 0.717) is 27.7 Å². The molecular weight excluding hydrogens is 437 g/mol. The van der Waals surface area contributed by atoms with Gasteiger partial charge in [0, 0.05) is 23.5 Å². The van der Waals surface area contributed by atoms with Crippen molar-refractivity contribution in [1.29, 1.82) is 0 Å². The Labute approximate surface area is 186 Å². The molecule has 0 radical (unpaired) electrons. The van der Waals surface area contributed by atoms with Crippen LogP contribution in [-0.4, -0.2) is 43.6 Å². The molecular formula is C23H19F3N4O3. The van der Waals surface area contributed by atoms with Crippen LogP contribution in [0.1, 0.15) is 34.6 Å². The highest BCUT2D eigenvalue weighted by Gasteiger charge is 2.29. The number of ether oxygens (including phenoxy) is 1. The number of alkyl halides is 3. The highest BCUT2D eigenvalue weighted by molar-refractivity contribution is 6.06. The van der Waals surface area contributed by atoms with E-state index in [0.717, 1.165) is 5.56 Å². The lowest BCUT2D eigenvalue weighted by molar-refractivity contribution is -0.154. The second kappa shape index (κ2) is 8.53. The van der Waals surface area contributed by atoms with Crippen LogP contribution in [-0.2, 0) is 0 Å². The predicted octanol–water partition coefficient (Wildman–Crippen LogP) is 5.05. The zero-order chi connectivity index (χ0) is 23.8. The van der Waals surface area contributed by atoms with Crippen molar-refractivity contribution in [3.63, 3.8) is 0 Å². The highest BCUT2D eigenvalue weighted by Crippen LogP contribution is 2.35. The molecule has 4 rings (SSSR count). The predicted molar refractivity (Wildman–Crippen MR) is 114 cm³/mol. The highest BCUT2D eigenvalue weighted by atomic mass is 19.4. The van der Waals surface area contributed by atoms with E-state index in [-0.39, 0.29) is 11.6 Å². The summed E-state index contributed by atoms with van der Waals surface area (Å²) < 4.78 is 43.9. The summed E-state index contributed by atoms with van der Waals surface area (Å²) in [5.41, 5.74) is 2.77. The number of aromatic carboxylic acids is 1. The number of carbonyl (C=O) groups is 1. The number of hydrogen-bond donors (Lipinski definition) is 1. The summed E-state index contributed by atoms with van der Waals surface area (Å²) in [6, 6.07) is 12.1. The van der Waals surface area contributed by atoms with Crippen LogP contribution in [0.25, 0.3) is 22.2 Å². The maximum absolute atomic E-state index is 12.5. The van der Waals surface area contributed by atoms with Crippen LogP contribution >= 0.6 is 0 Å². The van der Waals surface area contributed by atoms with Crippen molar-refractivity contribution < 1.29 is 27.8 Å². The van der Waals surface area contributed by atoms with Crippen molar-refractivity contribution in [2.24, 2.45) is 0 Å². The number of pyridine rings is 2. The first-order chi connectivity index (χ1) is 15.7. The smallest absolute Gasteiger partial charge is 0.422 e. The Balaban J connectivity index is 1.82. The quantitative estimate of drug-likeness (QED) is 0.437. The number of carboxylic acids is 1. The minimum Gasteiger partial charge on any atom is -0.476 e. The number of halogens is 3. The Hall–Kier alpha value is -3.95. The van der Waals surface area contributed by atoms with Crippen molar-refractivity contribution in [3.8, 4) is 17.1 Å². The van der Waals surface area contributed by atoms with Crippen molar-refractivity contribution in [2.45, 2.75) is 26.1 Å². The minimum absolute atomic E-state index is 0.102. The van der Waals surface area contributed by atoms with E-state index >= 15 is 0 Å². The molecule has 3 heterocycles. The lowest BCUT2D eigenvalue weighted by Gasteiger charge is -2.18. The molecule has 1 unspecified atom stereocenters. The molecule has 0 aliphatic carbocycles. The zero-order valence-electron chi connectivity index (χ0n) is 17.7. The molecule has 1 atom stereocenters. The Morgan fingerprint density at radius 3 is 2.55 bits per heavy atom. The van der Waals surface area contributed by atoms with Crippen molar-refractivity contribution in [3.05, 3.63) is 71.7 Å². The topological polar surface area (TPSA) is 90.1 Å². The van der Waals surface area contributed by atoms with Crippen LogP contribution in [0.3, 0.4) is 0 Å². The van der Waals surface area contributed by atoms with Crippen LogP contribution in [0, 0.1) is 6.92 Å². The Morgan fingerprint density at radius 2 is 1.91 bits per heavy atom. The van der Waals surface area contributed by atoms with E-state index in [4.69, 9.17) is 4.74 Å². The van der Waals surface area contributed by atoms with Crippen LogP contribution < -0.4 is 4.74 Å². The van der Waals surface area contributed by atoms with Gasteiger partial charge in [-0.1, -0.05) is 30.3 Å². The molecule has 0 bridgehead atoms. The standard InChI is InChI=1S/C23H19F3N4O3/c1-13-10-16(11-28-21(13)33-12-23(24,25)26)14(2)30-20(15-6-4-3-5-7-15)18-17(29-30)8-9-27-19(18)22(31)32/h3-11,14H,12H2,1-2H3,(H,31,32). The summed E-state index contributed by atoms with van der Waals surface area (Å²) in [5, 5.41) is 14.7. The first kappa shape index (κ1) is 22.3. The van der Waals surface area contributed by atoms with E-state index < -0.39 is 24.8 Å². The third-order valence-corrected chi connectivity index (χ3v) is 5.13. The van der Waals surface area contributed by atoms with Crippen LogP contribution in [0.2, 0.25) is 0 Å². The summed E-state index contributed by atoms with van der Waals surface area (Å²) in [6.45, 7) is 2.03. The first-order valence-electron chi connectivity index (χ1n) is 9.97. The van der Waals surface area contributed by atoms with Crippen molar-refractivity contribution >= 4 is 16.9 Å². The van der Waals surface area contributed by atoms with Gasteiger partial charge in [0.1, 0.15) is 0 Å². The number of fused-ring (bicyclic) bond motifs is 1. The van der Waals surface area contributed by atoms with Gasteiger partial charge in [0.25, 0.3) is 0 Å². The minimum atomic E-state index is -4.46. The average molecular weight is 456 g/mol. The molecule has 170 valence electrons. The van der Waals surface area contributed by atoms with E-state index in [9.17, 15) is 23.1 Å². The molecule has 4 aromatic rings. The molecule has 0 spiro atoms. The van der Waals surface area contributed by atoms with Gasteiger partial charge in [0.05, 0.1) is 22.6 Å². The molecule has 1 N–H and O–H groups in total.